The Morgan fingerprint density at radius 1 is 1.50 bits per heavy atom. The second-order valence-corrected chi connectivity index (χ2v) is 3.47. The molecule has 16 heavy (non-hydrogen) atoms. The molecule has 0 radical (unpaired) electrons. The Bertz CT molecular complexity index is 451. The number of ether oxygens (including phenoxy) is 2. The number of methoxy groups -OCH3 is 2. The first-order chi connectivity index (χ1) is 7.69. The van der Waals surface area contributed by atoms with Gasteiger partial charge in [0.15, 0.2) is 0 Å². The summed E-state index contributed by atoms with van der Waals surface area (Å²) < 4.78 is 9.75. The molecule has 0 heterocycles. The Balaban J connectivity index is 3.50. The van der Waals surface area contributed by atoms with E-state index in [4.69, 9.17) is 10.00 Å². The normalized spacial score (nSPS) is 9.38. The van der Waals surface area contributed by atoms with Crippen molar-refractivity contribution >= 4 is 21.9 Å². The van der Waals surface area contributed by atoms with Crippen molar-refractivity contribution in [2.45, 2.75) is 5.33 Å². The van der Waals surface area contributed by atoms with E-state index >= 15 is 0 Å². The number of carbonyl (C=O) groups excluding carboxylic acids is 1. The molecule has 0 aromatic heterocycles. The van der Waals surface area contributed by atoms with Crippen LogP contribution in [-0.4, -0.2) is 20.2 Å². The van der Waals surface area contributed by atoms with Gasteiger partial charge in [-0.2, -0.15) is 5.26 Å². The van der Waals surface area contributed by atoms with Gasteiger partial charge in [-0.1, -0.05) is 15.9 Å². The smallest absolute Gasteiger partial charge is 0.342 e. The summed E-state index contributed by atoms with van der Waals surface area (Å²) in [4.78, 5) is 11.6. The lowest BCUT2D eigenvalue weighted by molar-refractivity contribution is 0.0596. The van der Waals surface area contributed by atoms with Crippen molar-refractivity contribution in [3.05, 3.63) is 28.8 Å². The molecular formula is C11H10BrNO3. The van der Waals surface area contributed by atoms with Gasteiger partial charge in [-0.15, -0.1) is 0 Å². The molecule has 0 atom stereocenters. The summed E-state index contributed by atoms with van der Waals surface area (Å²) in [5.74, 6) is -0.108. The highest BCUT2D eigenvalue weighted by atomic mass is 79.9. The van der Waals surface area contributed by atoms with E-state index in [0.29, 0.717) is 27.8 Å². The summed E-state index contributed by atoms with van der Waals surface area (Å²) in [6.07, 6.45) is 0. The van der Waals surface area contributed by atoms with Crippen LogP contribution in [0.15, 0.2) is 12.1 Å². The van der Waals surface area contributed by atoms with E-state index in [2.05, 4.69) is 20.7 Å². The molecule has 1 rings (SSSR count). The monoisotopic (exact) mass is 283 g/mol. The maximum Gasteiger partial charge on any atom is 0.342 e. The zero-order valence-corrected chi connectivity index (χ0v) is 10.5. The van der Waals surface area contributed by atoms with Crippen LogP contribution in [0.2, 0.25) is 0 Å². The predicted molar refractivity (Wildman–Crippen MR) is 61.7 cm³/mol. The van der Waals surface area contributed by atoms with Gasteiger partial charge in [0.1, 0.15) is 11.3 Å². The molecule has 0 aliphatic carbocycles. The summed E-state index contributed by atoms with van der Waals surface area (Å²) in [6, 6.07) is 5.22. The Morgan fingerprint density at radius 3 is 2.62 bits per heavy atom. The van der Waals surface area contributed by atoms with Crippen LogP contribution in [0.1, 0.15) is 21.5 Å². The van der Waals surface area contributed by atoms with Crippen LogP contribution in [0.25, 0.3) is 0 Å². The van der Waals surface area contributed by atoms with E-state index in [-0.39, 0.29) is 0 Å². The van der Waals surface area contributed by atoms with E-state index in [1.807, 2.05) is 6.07 Å². The molecule has 0 N–H and O–H groups in total. The molecule has 0 aliphatic rings. The van der Waals surface area contributed by atoms with Gasteiger partial charge in [-0.25, -0.2) is 4.79 Å². The first kappa shape index (κ1) is 12.5. The fourth-order valence-corrected chi connectivity index (χ4v) is 1.95. The van der Waals surface area contributed by atoms with Crippen LogP contribution in [0.4, 0.5) is 0 Å². The molecule has 1 aromatic carbocycles. The van der Waals surface area contributed by atoms with Crippen LogP contribution < -0.4 is 4.74 Å². The third kappa shape index (κ3) is 2.17. The fourth-order valence-electron chi connectivity index (χ4n) is 1.37. The lowest BCUT2D eigenvalue weighted by Crippen LogP contribution is -2.09. The van der Waals surface area contributed by atoms with Crippen molar-refractivity contribution in [1.29, 1.82) is 5.26 Å². The Labute approximate surface area is 102 Å². The van der Waals surface area contributed by atoms with Gasteiger partial charge in [0.2, 0.25) is 0 Å². The molecule has 0 fully saturated rings. The lowest BCUT2D eigenvalue weighted by atomic mass is 10.0. The van der Waals surface area contributed by atoms with Gasteiger partial charge in [0, 0.05) is 5.33 Å². The molecule has 0 unspecified atom stereocenters. The Hall–Kier alpha value is -1.54. The molecule has 84 valence electrons. The van der Waals surface area contributed by atoms with E-state index < -0.39 is 5.97 Å². The minimum atomic E-state index is -0.511. The number of carbonyl (C=O) groups is 1. The number of halogens is 1. The number of benzene rings is 1. The quantitative estimate of drug-likeness (QED) is 0.631. The zero-order valence-electron chi connectivity index (χ0n) is 8.91. The van der Waals surface area contributed by atoms with Crippen molar-refractivity contribution in [1.82, 2.24) is 0 Å². The van der Waals surface area contributed by atoms with Gasteiger partial charge >= 0.3 is 5.97 Å². The summed E-state index contributed by atoms with van der Waals surface area (Å²) in [6.45, 7) is 0. The standard InChI is InChI=1S/C11H10BrNO3/c1-15-9-4-3-7(6-13)8(5-12)10(9)11(14)16-2/h3-4H,5H2,1-2H3. The van der Waals surface area contributed by atoms with E-state index in [9.17, 15) is 4.79 Å². The van der Waals surface area contributed by atoms with Gasteiger partial charge in [0.25, 0.3) is 0 Å². The SMILES string of the molecule is COC(=O)c1c(OC)ccc(C#N)c1CBr. The molecule has 4 nitrogen and oxygen atoms in total. The summed E-state index contributed by atoms with van der Waals surface area (Å²) in [5.41, 5.74) is 1.30. The highest BCUT2D eigenvalue weighted by Crippen LogP contribution is 2.27. The maximum atomic E-state index is 11.6. The number of alkyl halides is 1. The fraction of sp³-hybridized carbons (Fsp3) is 0.273. The zero-order chi connectivity index (χ0) is 12.1. The molecule has 0 saturated heterocycles. The van der Waals surface area contributed by atoms with Gasteiger partial charge in [-0.3, -0.25) is 0 Å². The Morgan fingerprint density at radius 2 is 2.19 bits per heavy atom. The Kier molecular flexibility index (Phi) is 4.32. The van der Waals surface area contributed by atoms with Crippen molar-refractivity contribution in [3.8, 4) is 11.8 Å². The molecule has 0 saturated carbocycles. The van der Waals surface area contributed by atoms with Gasteiger partial charge < -0.3 is 9.47 Å². The lowest BCUT2D eigenvalue weighted by Gasteiger charge is -2.11. The molecule has 1 aromatic rings. The minimum Gasteiger partial charge on any atom is -0.496 e. The summed E-state index contributed by atoms with van der Waals surface area (Å²) in [7, 11) is 2.75. The molecule has 0 amide bonds. The number of esters is 1. The van der Waals surface area contributed by atoms with Crippen molar-refractivity contribution in [3.63, 3.8) is 0 Å². The summed E-state index contributed by atoms with van der Waals surface area (Å²) in [5, 5.41) is 9.31. The van der Waals surface area contributed by atoms with E-state index in [0.717, 1.165) is 0 Å². The molecule has 0 aliphatic heterocycles. The van der Waals surface area contributed by atoms with Crippen LogP contribution in [0.5, 0.6) is 5.75 Å². The number of nitriles is 1. The highest BCUT2D eigenvalue weighted by molar-refractivity contribution is 9.08. The van der Waals surface area contributed by atoms with Gasteiger partial charge in [0.05, 0.1) is 25.9 Å². The second-order valence-electron chi connectivity index (χ2n) is 2.91. The molecule has 5 heteroatoms. The molecule has 0 spiro atoms. The van der Waals surface area contributed by atoms with Crippen LogP contribution in [-0.2, 0) is 10.1 Å². The van der Waals surface area contributed by atoms with Crippen LogP contribution >= 0.6 is 15.9 Å². The number of hydrogen-bond donors (Lipinski definition) is 0. The average molecular weight is 284 g/mol. The maximum absolute atomic E-state index is 11.6. The molecular weight excluding hydrogens is 274 g/mol. The van der Waals surface area contributed by atoms with Gasteiger partial charge in [-0.05, 0) is 17.7 Å². The first-order valence-corrected chi connectivity index (χ1v) is 5.56. The molecule has 0 bridgehead atoms. The number of rotatable bonds is 3. The predicted octanol–water partition coefficient (Wildman–Crippen LogP) is 2.25. The van der Waals surface area contributed by atoms with Crippen molar-refractivity contribution in [2.75, 3.05) is 14.2 Å². The second kappa shape index (κ2) is 5.52. The largest absolute Gasteiger partial charge is 0.496 e. The van der Waals surface area contributed by atoms with E-state index in [1.54, 1.807) is 12.1 Å². The minimum absolute atomic E-state index is 0.293. The third-order valence-corrected chi connectivity index (χ3v) is 2.70. The van der Waals surface area contributed by atoms with Crippen molar-refractivity contribution < 1.29 is 14.3 Å². The van der Waals surface area contributed by atoms with E-state index in [1.165, 1.54) is 14.2 Å². The first-order valence-electron chi connectivity index (χ1n) is 4.43. The highest BCUT2D eigenvalue weighted by Gasteiger charge is 2.20. The van der Waals surface area contributed by atoms with Crippen LogP contribution in [0.3, 0.4) is 0 Å². The summed E-state index contributed by atoms with van der Waals surface area (Å²) >= 11 is 3.25. The topological polar surface area (TPSA) is 59.3 Å². The number of hydrogen-bond acceptors (Lipinski definition) is 4. The van der Waals surface area contributed by atoms with Crippen molar-refractivity contribution in [2.24, 2.45) is 0 Å². The third-order valence-electron chi connectivity index (χ3n) is 2.14. The average Bonchev–Trinajstić information content (AvgIpc) is 2.35. The van der Waals surface area contributed by atoms with Crippen LogP contribution in [0, 0.1) is 11.3 Å². The number of nitrogens with zero attached hydrogens (tertiary/aromatic N) is 1.